The quantitative estimate of drug-likeness (QED) is 0.0601. The van der Waals surface area contributed by atoms with E-state index >= 15 is 0 Å². The lowest BCUT2D eigenvalue weighted by molar-refractivity contribution is 0.0971. The second-order valence-electron chi connectivity index (χ2n) is 12.8. The molecule has 0 bridgehead atoms. The third kappa shape index (κ3) is 18.4. The Morgan fingerprint density at radius 2 is 0.651 bits per heavy atom. The van der Waals surface area contributed by atoms with Crippen molar-refractivity contribution in [3.63, 3.8) is 0 Å². The summed E-state index contributed by atoms with van der Waals surface area (Å²) in [6.45, 7) is 4.49. The van der Waals surface area contributed by atoms with E-state index in [-0.39, 0.29) is 35.5 Å². The van der Waals surface area contributed by atoms with Crippen LogP contribution in [0.1, 0.15) is 214 Å². The molecule has 5 nitrogen and oxygen atoms in total. The number of hydrogen-bond donors (Lipinski definition) is 3. The molecule has 248 valence electrons. The monoisotopic (exact) mass is 602 g/mol. The summed E-state index contributed by atoms with van der Waals surface area (Å²) in [6, 6.07) is 1.02. The first kappa shape index (κ1) is 39.0. The highest BCUT2D eigenvalue weighted by Gasteiger charge is 2.26. The topological polar surface area (TPSA) is 94.8 Å². The van der Waals surface area contributed by atoms with Crippen molar-refractivity contribution in [3.8, 4) is 17.2 Å². The molecular weight excluding hydrogens is 536 g/mol. The normalized spacial score (nSPS) is 11.3. The molecule has 0 spiro atoms. The molecule has 43 heavy (non-hydrogen) atoms. The molecule has 3 N–H and O–H groups in total. The fraction of sp³-hybridized carbons (Fsp3) is 0.789. The Morgan fingerprint density at radius 1 is 0.419 bits per heavy atom. The molecule has 1 aromatic carbocycles. The van der Waals surface area contributed by atoms with Gasteiger partial charge in [-0.25, -0.2) is 0 Å². The van der Waals surface area contributed by atoms with Gasteiger partial charge in [-0.2, -0.15) is 0 Å². The van der Waals surface area contributed by atoms with Gasteiger partial charge in [0.05, 0.1) is 0 Å². The fourth-order valence-electron chi connectivity index (χ4n) is 6.05. The second kappa shape index (κ2) is 26.4. The van der Waals surface area contributed by atoms with Gasteiger partial charge in [0.2, 0.25) is 0 Å². The van der Waals surface area contributed by atoms with Crippen molar-refractivity contribution in [1.82, 2.24) is 0 Å². The van der Waals surface area contributed by atoms with Gasteiger partial charge in [-0.3, -0.25) is 9.59 Å². The van der Waals surface area contributed by atoms with Gasteiger partial charge in [0.25, 0.3) is 0 Å². The van der Waals surface area contributed by atoms with Crippen molar-refractivity contribution in [2.45, 2.75) is 194 Å². The van der Waals surface area contributed by atoms with Gasteiger partial charge in [0, 0.05) is 18.9 Å². The predicted octanol–water partition coefficient (Wildman–Crippen LogP) is 12.1. The molecule has 0 saturated carbocycles. The maximum atomic E-state index is 12.8. The third-order valence-electron chi connectivity index (χ3n) is 8.83. The van der Waals surface area contributed by atoms with E-state index in [2.05, 4.69) is 13.8 Å². The lowest BCUT2D eigenvalue weighted by atomic mass is 9.95. The van der Waals surface area contributed by atoms with Crippen molar-refractivity contribution < 1.29 is 24.9 Å². The van der Waals surface area contributed by atoms with E-state index in [4.69, 9.17) is 0 Å². The van der Waals surface area contributed by atoms with Crippen LogP contribution in [0.3, 0.4) is 0 Å². The van der Waals surface area contributed by atoms with Crippen molar-refractivity contribution in [1.29, 1.82) is 0 Å². The highest BCUT2D eigenvalue weighted by Crippen LogP contribution is 2.39. The molecule has 0 atom stereocenters. The summed E-state index contributed by atoms with van der Waals surface area (Å²) in [7, 11) is 0. The number of unbranched alkanes of at least 4 members (excludes halogenated alkanes) is 24. The highest BCUT2D eigenvalue weighted by molar-refractivity contribution is 6.08. The molecule has 0 unspecified atom stereocenters. The minimum atomic E-state index is -0.572. The van der Waals surface area contributed by atoms with Crippen LogP contribution in [0, 0.1) is 0 Å². The molecule has 0 aliphatic heterocycles. The van der Waals surface area contributed by atoms with Gasteiger partial charge in [0.1, 0.15) is 28.4 Å². The molecule has 1 rings (SSSR count). The van der Waals surface area contributed by atoms with Crippen molar-refractivity contribution in [2.75, 3.05) is 0 Å². The van der Waals surface area contributed by atoms with Gasteiger partial charge in [-0.15, -0.1) is 0 Å². The summed E-state index contributed by atoms with van der Waals surface area (Å²) in [5.74, 6) is -2.27. The third-order valence-corrected chi connectivity index (χ3v) is 8.83. The Morgan fingerprint density at radius 3 is 0.907 bits per heavy atom. The van der Waals surface area contributed by atoms with Gasteiger partial charge in [-0.05, 0) is 12.8 Å². The van der Waals surface area contributed by atoms with E-state index < -0.39 is 17.2 Å². The number of ketones is 2. The number of aromatic hydroxyl groups is 3. The minimum Gasteiger partial charge on any atom is -0.507 e. The molecule has 0 heterocycles. The fourth-order valence-corrected chi connectivity index (χ4v) is 6.05. The Balaban J connectivity index is 2.27. The van der Waals surface area contributed by atoms with E-state index in [1.807, 2.05) is 0 Å². The van der Waals surface area contributed by atoms with Crippen LogP contribution in [0.2, 0.25) is 0 Å². The number of carbonyl (C=O) groups is 2. The smallest absolute Gasteiger partial charge is 0.170 e. The average molecular weight is 603 g/mol. The zero-order valence-corrected chi connectivity index (χ0v) is 28.0. The Labute approximate surface area is 264 Å². The van der Waals surface area contributed by atoms with Crippen LogP contribution in [0.15, 0.2) is 6.07 Å². The molecule has 5 heteroatoms. The Kier molecular flexibility index (Phi) is 23.9. The largest absolute Gasteiger partial charge is 0.507 e. The van der Waals surface area contributed by atoms with Crippen LogP contribution in [-0.4, -0.2) is 26.9 Å². The number of benzene rings is 1. The predicted molar refractivity (Wildman–Crippen MR) is 181 cm³/mol. The zero-order valence-electron chi connectivity index (χ0n) is 28.0. The second-order valence-corrected chi connectivity index (χ2v) is 12.8. The van der Waals surface area contributed by atoms with Crippen molar-refractivity contribution >= 4 is 11.6 Å². The molecule has 0 aliphatic carbocycles. The SMILES string of the molecule is CCCCCCCCCCCCCCCC(=O)c1c(O)cc(O)c(C(=O)CCCCCCCCCCCCCCC)c1O. The van der Waals surface area contributed by atoms with Crippen LogP contribution in [0.25, 0.3) is 0 Å². The van der Waals surface area contributed by atoms with E-state index in [0.29, 0.717) is 12.8 Å². The van der Waals surface area contributed by atoms with E-state index in [1.54, 1.807) is 0 Å². The molecule has 0 saturated heterocycles. The van der Waals surface area contributed by atoms with Crippen LogP contribution < -0.4 is 0 Å². The van der Waals surface area contributed by atoms with Crippen molar-refractivity contribution in [2.24, 2.45) is 0 Å². The number of rotatable bonds is 30. The van der Waals surface area contributed by atoms with Gasteiger partial charge in [0.15, 0.2) is 11.6 Å². The molecule has 0 radical (unpaired) electrons. The first-order chi connectivity index (χ1) is 20.9. The van der Waals surface area contributed by atoms with Crippen LogP contribution >= 0.6 is 0 Å². The van der Waals surface area contributed by atoms with Crippen LogP contribution in [-0.2, 0) is 0 Å². The number of carbonyl (C=O) groups excluding carboxylic acids is 2. The van der Waals surface area contributed by atoms with Gasteiger partial charge in [-0.1, -0.05) is 168 Å². The Hall–Kier alpha value is -2.04. The zero-order chi connectivity index (χ0) is 31.5. The summed E-state index contributed by atoms with van der Waals surface area (Å²) in [4.78, 5) is 25.7. The molecule has 0 fully saturated rings. The maximum Gasteiger partial charge on any atom is 0.170 e. The number of Topliss-reactive ketones (excluding diaryl/α,β-unsaturated/α-hetero) is 2. The first-order valence-corrected chi connectivity index (χ1v) is 18.3. The molecule has 1 aromatic rings. The first-order valence-electron chi connectivity index (χ1n) is 18.3. The summed E-state index contributed by atoms with van der Waals surface area (Å²) in [6.07, 6.45) is 31.8. The summed E-state index contributed by atoms with van der Waals surface area (Å²) in [5, 5.41) is 31.3. The average Bonchev–Trinajstić information content (AvgIpc) is 2.97. The highest BCUT2D eigenvalue weighted by atomic mass is 16.3. The summed E-state index contributed by atoms with van der Waals surface area (Å²) >= 11 is 0. The van der Waals surface area contributed by atoms with Crippen molar-refractivity contribution in [3.05, 3.63) is 17.2 Å². The summed E-state index contributed by atoms with van der Waals surface area (Å²) in [5.41, 5.74) is -0.462. The van der Waals surface area contributed by atoms with E-state index in [9.17, 15) is 24.9 Å². The molecule has 0 aromatic heterocycles. The van der Waals surface area contributed by atoms with E-state index in [0.717, 1.165) is 44.6 Å². The number of phenols is 3. The number of phenolic OH excluding ortho intramolecular Hbond substituents is 3. The molecule has 0 aliphatic rings. The maximum absolute atomic E-state index is 12.8. The van der Waals surface area contributed by atoms with Gasteiger partial charge < -0.3 is 15.3 Å². The lowest BCUT2D eigenvalue weighted by Gasteiger charge is -2.12. The van der Waals surface area contributed by atoms with E-state index in [1.165, 1.54) is 116 Å². The Bertz CT molecular complexity index is 796. The minimum absolute atomic E-state index is 0.205. The lowest BCUT2D eigenvalue weighted by Crippen LogP contribution is -2.06. The summed E-state index contributed by atoms with van der Waals surface area (Å²) < 4.78 is 0. The molecular formula is C38H66O5. The number of hydrogen-bond acceptors (Lipinski definition) is 5. The standard InChI is InChI=1S/C38H66O5/c1-3-5-7-9-11-13-15-17-19-21-23-25-27-29-32(39)36-34(41)31-35(42)37(38(36)43)33(40)30-28-26-24-22-20-18-16-14-12-10-8-6-4-2/h31,41-43H,3-30H2,1-2H3. The molecule has 0 amide bonds. The van der Waals surface area contributed by atoms with Gasteiger partial charge >= 0.3 is 0 Å². The van der Waals surface area contributed by atoms with Crippen LogP contribution in [0.4, 0.5) is 0 Å². The van der Waals surface area contributed by atoms with Crippen LogP contribution in [0.5, 0.6) is 17.2 Å².